The minimum absolute atomic E-state index is 0. The predicted molar refractivity (Wildman–Crippen MR) is 9.12 cm³/mol. The summed E-state index contributed by atoms with van der Waals surface area (Å²) in [5, 5.41) is 12.0. The third-order valence-electron chi connectivity index (χ3n) is 0. The summed E-state index contributed by atoms with van der Waals surface area (Å²) in [5.41, 5.74) is 0. The molecule has 0 rings (SSSR count). The molecule has 0 aliphatic carbocycles. The zero-order chi connectivity index (χ0) is 7.41. The molecule has 0 aromatic rings. The molecule has 0 radical (unpaired) electrons. The van der Waals surface area contributed by atoms with E-state index in [9.17, 15) is 0 Å². The van der Waals surface area contributed by atoms with E-state index in [1.54, 1.807) is 0 Å². The molecule has 0 aromatic carbocycles. The molecule has 0 atom stereocenters. The van der Waals surface area contributed by atoms with Gasteiger partial charge < -0.3 is 1.43 Å². The molecule has 0 fully saturated rings. The van der Waals surface area contributed by atoms with Gasteiger partial charge in [0.15, 0.2) is 0 Å². The predicted octanol–water partition coefficient (Wildman–Crippen LogP) is -3.35. The van der Waals surface area contributed by atoms with Gasteiger partial charge in [-0.3, -0.25) is 10.5 Å². The van der Waals surface area contributed by atoms with Crippen LogP contribution in [0.4, 0.5) is 0 Å². The van der Waals surface area contributed by atoms with Crippen LogP contribution in [0.5, 0.6) is 0 Å². The summed E-state index contributed by atoms with van der Waals surface area (Å²) in [6.45, 7) is 0. The van der Waals surface area contributed by atoms with Crippen molar-refractivity contribution < 1.29 is 86.5 Å². The molecule has 9 heteroatoms. The molecule has 0 unspecified atom stereocenters. The Kier molecular flexibility index (Phi) is 153. The zero-order valence-corrected chi connectivity index (χ0v) is 8.64. The van der Waals surface area contributed by atoms with Crippen molar-refractivity contribution in [2.24, 2.45) is 0 Å². The first-order valence-corrected chi connectivity index (χ1v) is 2.74. The summed E-state index contributed by atoms with van der Waals surface area (Å²) < 4.78 is 33.6. The average molecular weight is 232 g/mol. The molecule has 0 spiro atoms. The molecule has 0 aromatic heterocycles. The van der Waals surface area contributed by atoms with Crippen molar-refractivity contribution in [1.82, 2.24) is 0 Å². The second-order valence-corrected chi connectivity index (χ2v) is 0.519. The molecule has 0 heterocycles. The molecule has 2 N–H and O–H groups in total. The van der Waals surface area contributed by atoms with Crippen LogP contribution in [0.15, 0.2) is 0 Å². The van der Waals surface area contributed by atoms with Crippen molar-refractivity contribution in [3.63, 3.8) is 0 Å². The Bertz CT molecular complexity index is 69.7. The van der Waals surface area contributed by atoms with E-state index in [0.29, 0.717) is 0 Å². The fourth-order valence-electron chi connectivity index (χ4n) is 0. The van der Waals surface area contributed by atoms with E-state index < -0.39 is 29.6 Å². The normalized spacial score (nSPS) is 3.33. The summed E-state index contributed by atoms with van der Waals surface area (Å²) in [6, 6.07) is 0. The standard InChI is InChI=1S/2Mn.Na.H2O2.4O.H/c;;;1-2;;;;;/h;;;1-2H;;;;;/q;;+1;;;;;;-1. The van der Waals surface area contributed by atoms with Gasteiger partial charge in [-0.1, -0.05) is 0 Å². The monoisotopic (exact) mass is 232 g/mol. The van der Waals surface area contributed by atoms with Crippen LogP contribution in [0.3, 0.4) is 0 Å². The van der Waals surface area contributed by atoms with Crippen molar-refractivity contribution >= 4 is 0 Å². The quantitative estimate of drug-likeness (QED) is 0.256. The summed E-state index contributed by atoms with van der Waals surface area (Å²) in [4.78, 5) is 0. The molecule has 0 bridgehead atoms. The van der Waals surface area contributed by atoms with Crippen LogP contribution < -0.4 is 29.6 Å². The summed E-state index contributed by atoms with van der Waals surface area (Å²) in [5.74, 6) is 0. The Morgan fingerprint density at radius 1 is 0.889 bits per heavy atom. The van der Waals surface area contributed by atoms with E-state index in [2.05, 4.69) is 0 Å². The molecule has 0 amide bonds. The van der Waals surface area contributed by atoms with Crippen molar-refractivity contribution in [2.75, 3.05) is 0 Å². The summed E-state index contributed by atoms with van der Waals surface area (Å²) >= 11 is -2.88. The molecular formula is H3Mn2NaO6. The number of rotatable bonds is 0. The number of hydrogen-bond acceptors (Lipinski definition) is 6. The van der Waals surface area contributed by atoms with Gasteiger partial charge in [0.1, 0.15) is 0 Å². The van der Waals surface area contributed by atoms with Gasteiger partial charge in [0.2, 0.25) is 0 Å². The zero-order valence-electron chi connectivity index (χ0n) is 5.28. The summed E-state index contributed by atoms with van der Waals surface area (Å²) in [6.07, 6.45) is 0. The van der Waals surface area contributed by atoms with Crippen LogP contribution in [0.25, 0.3) is 0 Å². The number of hydrogen-bond donors (Lipinski definition) is 2. The van der Waals surface area contributed by atoms with Crippen LogP contribution in [0.2, 0.25) is 0 Å². The van der Waals surface area contributed by atoms with Gasteiger partial charge in [-0.25, -0.2) is 0 Å². The van der Waals surface area contributed by atoms with E-state index >= 15 is 0 Å². The molecule has 9 heavy (non-hydrogen) atoms. The molecule has 54 valence electrons. The Balaban J connectivity index is -0.0000000116. The third kappa shape index (κ3) is 349. The van der Waals surface area contributed by atoms with Crippen LogP contribution in [0, 0.1) is 0 Å². The molecule has 0 saturated heterocycles. The maximum absolute atomic E-state index is 8.41. The van der Waals surface area contributed by atoms with Crippen molar-refractivity contribution in [2.45, 2.75) is 0 Å². The van der Waals surface area contributed by atoms with Gasteiger partial charge in [-0.15, -0.1) is 0 Å². The summed E-state index contributed by atoms with van der Waals surface area (Å²) in [7, 11) is 0. The second kappa shape index (κ2) is 61.1. The molecule has 6 nitrogen and oxygen atoms in total. The molecule has 0 aliphatic heterocycles. The fourth-order valence-corrected chi connectivity index (χ4v) is 0. The van der Waals surface area contributed by atoms with Gasteiger partial charge >= 0.3 is 74.5 Å². The van der Waals surface area contributed by atoms with Crippen LogP contribution in [0.1, 0.15) is 1.43 Å². The van der Waals surface area contributed by atoms with Crippen LogP contribution in [-0.4, -0.2) is 10.5 Å². The van der Waals surface area contributed by atoms with Crippen molar-refractivity contribution in [3.8, 4) is 0 Å². The van der Waals surface area contributed by atoms with Gasteiger partial charge in [0.05, 0.1) is 0 Å². The van der Waals surface area contributed by atoms with E-state index in [1.807, 2.05) is 0 Å². The van der Waals surface area contributed by atoms with E-state index in [-0.39, 0.29) is 31.0 Å². The van der Waals surface area contributed by atoms with E-state index in [4.69, 9.17) is 25.9 Å². The van der Waals surface area contributed by atoms with Gasteiger partial charge in [0.25, 0.3) is 0 Å². The molecular weight excluding hydrogens is 229 g/mol. The molecule has 0 saturated carbocycles. The minimum atomic E-state index is -1.44. The van der Waals surface area contributed by atoms with Crippen LogP contribution >= 0.6 is 0 Å². The first-order chi connectivity index (χ1) is 3.83. The van der Waals surface area contributed by atoms with E-state index in [0.717, 1.165) is 0 Å². The SMILES string of the molecule is OO.[H-].[Na+].[O]=[Mn]=[O].[O]=[Mn]=[O]. The van der Waals surface area contributed by atoms with Crippen molar-refractivity contribution in [3.05, 3.63) is 0 Å². The Morgan fingerprint density at radius 2 is 0.889 bits per heavy atom. The third-order valence-corrected chi connectivity index (χ3v) is 0. The van der Waals surface area contributed by atoms with Gasteiger partial charge in [-0.2, -0.15) is 0 Å². The Labute approximate surface area is 85.8 Å². The first kappa shape index (κ1) is 22.5. The Morgan fingerprint density at radius 3 is 0.889 bits per heavy atom. The van der Waals surface area contributed by atoms with Crippen LogP contribution in [-0.2, 0) is 45.0 Å². The topological polar surface area (TPSA) is 109 Å². The van der Waals surface area contributed by atoms with E-state index in [1.165, 1.54) is 0 Å². The maximum atomic E-state index is 8.41. The van der Waals surface area contributed by atoms with Gasteiger partial charge in [0, 0.05) is 0 Å². The first-order valence-electron chi connectivity index (χ1n) is 0.817. The Hall–Kier alpha value is 1.16. The second-order valence-electron chi connectivity index (χ2n) is 0.126. The van der Waals surface area contributed by atoms with Gasteiger partial charge in [-0.05, 0) is 0 Å². The van der Waals surface area contributed by atoms with Crippen molar-refractivity contribution in [1.29, 1.82) is 0 Å². The molecule has 0 aliphatic rings. The average Bonchev–Trinajstić information content (AvgIpc) is 1.75. The fraction of sp³-hybridized carbons (Fsp3) is 0.